The SMILES string of the molecule is CC(C)C(C)OCc1ccc(S(N)(=O)=O)cc1[N+](=O)[O-]. The number of primary sulfonamides is 1. The molecule has 0 aliphatic carbocycles. The van der Waals surface area contributed by atoms with Crippen LogP contribution in [-0.2, 0) is 21.4 Å². The largest absolute Gasteiger partial charge is 0.373 e. The van der Waals surface area contributed by atoms with E-state index in [4.69, 9.17) is 9.88 Å². The molecule has 0 radical (unpaired) electrons. The summed E-state index contributed by atoms with van der Waals surface area (Å²) in [6.45, 7) is 5.86. The van der Waals surface area contributed by atoms with Crippen LogP contribution in [0.4, 0.5) is 5.69 Å². The summed E-state index contributed by atoms with van der Waals surface area (Å²) < 4.78 is 27.9. The van der Waals surface area contributed by atoms with Crippen LogP contribution in [0.1, 0.15) is 26.3 Å². The normalized spacial score (nSPS) is 13.4. The fourth-order valence-electron chi connectivity index (χ4n) is 1.43. The van der Waals surface area contributed by atoms with Crippen molar-refractivity contribution in [2.24, 2.45) is 11.1 Å². The second-order valence-electron chi connectivity index (χ2n) is 4.85. The molecule has 8 heteroatoms. The predicted molar refractivity (Wildman–Crippen MR) is 73.6 cm³/mol. The Bertz CT molecular complexity index is 598. The van der Waals surface area contributed by atoms with Gasteiger partial charge in [0.2, 0.25) is 10.0 Å². The van der Waals surface area contributed by atoms with Crippen molar-refractivity contribution in [1.82, 2.24) is 0 Å². The Labute approximate surface area is 117 Å². The lowest BCUT2D eigenvalue weighted by atomic mass is 10.1. The average molecular weight is 302 g/mol. The van der Waals surface area contributed by atoms with E-state index in [2.05, 4.69) is 0 Å². The van der Waals surface area contributed by atoms with Crippen LogP contribution in [0.5, 0.6) is 0 Å². The first-order chi connectivity index (χ1) is 9.12. The molecule has 0 saturated heterocycles. The number of hydrogen-bond acceptors (Lipinski definition) is 5. The van der Waals surface area contributed by atoms with Crippen molar-refractivity contribution in [1.29, 1.82) is 0 Å². The van der Waals surface area contributed by atoms with Crippen molar-refractivity contribution in [3.8, 4) is 0 Å². The molecule has 0 heterocycles. The summed E-state index contributed by atoms with van der Waals surface area (Å²) >= 11 is 0. The molecule has 0 spiro atoms. The third-order valence-electron chi connectivity index (χ3n) is 3.02. The monoisotopic (exact) mass is 302 g/mol. The van der Waals surface area contributed by atoms with E-state index < -0.39 is 14.9 Å². The molecule has 1 atom stereocenters. The number of hydrogen-bond donors (Lipinski definition) is 1. The standard InChI is InChI=1S/C12H18N2O5S/c1-8(2)9(3)19-7-10-4-5-11(20(13,17)18)6-12(10)14(15)16/h4-6,8-9H,7H2,1-3H3,(H2,13,17,18). The number of sulfonamides is 1. The van der Waals surface area contributed by atoms with Gasteiger partial charge in [-0.15, -0.1) is 0 Å². The summed E-state index contributed by atoms with van der Waals surface area (Å²) in [7, 11) is -3.97. The fraction of sp³-hybridized carbons (Fsp3) is 0.500. The summed E-state index contributed by atoms with van der Waals surface area (Å²) in [6, 6.07) is 3.54. The van der Waals surface area contributed by atoms with E-state index in [1.165, 1.54) is 12.1 Å². The van der Waals surface area contributed by atoms with Crippen LogP contribution in [0.3, 0.4) is 0 Å². The van der Waals surface area contributed by atoms with Crippen molar-refractivity contribution in [2.75, 3.05) is 0 Å². The molecule has 0 fully saturated rings. The molecule has 1 aromatic carbocycles. The molecular formula is C12H18N2O5S. The molecule has 0 aliphatic rings. The molecule has 0 aromatic heterocycles. The van der Waals surface area contributed by atoms with Crippen molar-refractivity contribution in [2.45, 2.75) is 38.4 Å². The van der Waals surface area contributed by atoms with Crippen LogP contribution in [0.2, 0.25) is 0 Å². The number of benzene rings is 1. The van der Waals surface area contributed by atoms with Crippen LogP contribution in [0.15, 0.2) is 23.1 Å². The quantitative estimate of drug-likeness (QED) is 0.636. The molecular weight excluding hydrogens is 284 g/mol. The first-order valence-corrected chi connectivity index (χ1v) is 7.59. The summed E-state index contributed by atoms with van der Waals surface area (Å²) in [5.41, 5.74) is 0.00220. The molecule has 112 valence electrons. The van der Waals surface area contributed by atoms with Crippen LogP contribution in [0.25, 0.3) is 0 Å². The number of nitro benzene ring substituents is 1. The summed E-state index contributed by atoms with van der Waals surface area (Å²) in [6.07, 6.45) is -0.0625. The zero-order chi connectivity index (χ0) is 15.5. The zero-order valence-corrected chi connectivity index (χ0v) is 12.4. The van der Waals surface area contributed by atoms with E-state index in [9.17, 15) is 18.5 Å². The van der Waals surface area contributed by atoms with E-state index in [-0.39, 0.29) is 29.2 Å². The third-order valence-corrected chi connectivity index (χ3v) is 3.93. The van der Waals surface area contributed by atoms with Gasteiger partial charge in [-0.05, 0) is 25.0 Å². The number of nitrogens with zero attached hydrogens (tertiary/aromatic N) is 1. The highest BCUT2D eigenvalue weighted by atomic mass is 32.2. The Kier molecular flexibility index (Phi) is 5.21. The van der Waals surface area contributed by atoms with Crippen molar-refractivity contribution in [3.05, 3.63) is 33.9 Å². The minimum absolute atomic E-state index is 0.0422. The Morgan fingerprint density at radius 1 is 1.35 bits per heavy atom. The second-order valence-corrected chi connectivity index (χ2v) is 6.41. The molecule has 0 saturated carbocycles. The van der Waals surface area contributed by atoms with Gasteiger partial charge in [-0.3, -0.25) is 10.1 Å². The highest BCUT2D eigenvalue weighted by molar-refractivity contribution is 7.89. The van der Waals surface area contributed by atoms with Gasteiger partial charge in [0.25, 0.3) is 5.69 Å². The van der Waals surface area contributed by atoms with E-state index >= 15 is 0 Å². The Morgan fingerprint density at radius 3 is 2.40 bits per heavy atom. The molecule has 1 aromatic rings. The predicted octanol–water partition coefficient (Wildman–Crippen LogP) is 1.80. The fourth-order valence-corrected chi connectivity index (χ4v) is 1.96. The van der Waals surface area contributed by atoms with Crippen LogP contribution >= 0.6 is 0 Å². The van der Waals surface area contributed by atoms with E-state index in [0.29, 0.717) is 5.56 Å². The number of nitro groups is 1. The Hall–Kier alpha value is -1.51. The molecule has 1 unspecified atom stereocenters. The number of nitrogens with two attached hydrogens (primary N) is 1. The summed E-state index contributed by atoms with van der Waals surface area (Å²) in [4.78, 5) is 10.1. The maximum absolute atomic E-state index is 11.2. The first kappa shape index (κ1) is 16.5. The van der Waals surface area contributed by atoms with Gasteiger partial charge in [-0.25, -0.2) is 13.6 Å². The highest BCUT2D eigenvalue weighted by Crippen LogP contribution is 2.24. The topological polar surface area (TPSA) is 113 Å². The zero-order valence-electron chi connectivity index (χ0n) is 11.6. The van der Waals surface area contributed by atoms with Crippen LogP contribution < -0.4 is 5.14 Å². The minimum atomic E-state index is -3.97. The highest BCUT2D eigenvalue weighted by Gasteiger charge is 2.20. The van der Waals surface area contributed by atoms with Crippen molar-refractivity contribution < 1.29 is 18.1 Å². The number of ether oxygens (including phenoxy) is 1. The summed E-state index contributed by atoms with van der Waals surface area (Å²) in [5, 5.41) is 16.0. The maximum atomic E-state index is 11.2. The molecule has 0 aliphatic heterocycles. The van der Waals surface area contributed by atoms with Crippen molar-refractivity contribution in [3.63, 3.8) is 0 Å². The summed E-state index contributed by atoms with van der Waals surface area (Å²) in [5.74, 6) is 0.276. The van der Waals surface area contributed by atoms with Gasteiger partial charge in [0.1, 0.15) is 0 Å². The van der Waals surface area contributed by atoms with Gasteiger partial charge in [0.05, 0.1) is 28.1 Å². The third kappa shape index (κ3) is 4.26. The molecule has 7 nitrogen and oxygen atoms in total. The molecule has 1 rings (SSSR count). The molecule has 20 heavy (non-hydrogen) atoms. The minimum Gasteiger partial charge on any atom is -0.373 e. The van der Waals surface area contributed by atoms with Gasteiger partial charge >= 0.3 is 0 Å². The lowest BCUT2D eigenvalue weighted by Crippen LogP contribution is -2.16. The average Bonchev–Trinajstić information content (AvgIpc) is 2.34. The lowest BCUT2D eigenvalue weighted by Gasteiger charge is -2.16. The van der Waals surface area contributed by atoms with Gasteiger partial charge in [-0.1, -0.05) is 13.8 Å². The van der Waals surface area contributed by atoms with E-state index in [1.807, 2.05) is 20.8 Å². The molecule has 0 bridgehead atoms. The Morgan fingerprint density at radius 2 is 1.95 bits per heavy atom. The van der Waals surface area contributed by atoms with Crippen molar-refractivity contribution >= 4 is 15.7 Å². The molecule has 2 N–H and O–H groups in total. The van der Waals surface area contributed by atoms with E-state index in [1.54, 1.807) is 0 Å². The van der Waals surface area contributed by atoms with E-state index in [0.717, 1.165) is 6.07 Å². The lowest BCUT2D eigenvalue weighted by molar-refractivity contribution is -0.386. The Balaban J connectivity index is 3.06. The maximum Gasteiger partial charge on any atom is 0.276 e. The van der Waals surface area contributed by atoms with Crippen LogP contribution in [0, 0.1) is 16.0 Å². The first-order valence-electron chi connectivity index (χ1n) is 6.04. The van der Waals surface area contributed by atoms with Gasteiger partial charge in [0, 0.05) is 6.07 Å². The van der Waals surface area contributed by atoms with Crippen LogP contribution in [-0.4, -0.2) is 19.4 Å². The van der Waals surface area contributed by atoms with Gasteiger partial charge in [0.15, 0.2) is 0 Å². The second kappa shape index (κ2) is 6.29. The van der Waals surface area contributed by atoms with Gasteiger partial charge < -0.3 is 4.74 Å². The molecule has 0 amide bonds. The number of rotatable bonds is 6. The smallest absolute Gasteiger partial charge is 0.276 e. The van der Waals surface area contributed by atoms with Gasteiger partial charge in [-0.2, -0.15) is 0 Å².